The van der Waals surface area contributed by atoms with Crippen molar-refractivity contribution < 1.29 is 23.0 Å². The lowest BCUT2D eigenvalue weighted by Gasteiger charge is -2.26. The van der Waals surface area contributed by atoms with Gasteiger partial charge in [0, 0.05) is 6.20 Å². The zero-order chi connectivity index (χ0) is 16.9. The lowest BCUT2D eigenvalue weighted by atomic mass is 10.2. The number of aromatic nitrogens is 1. The minimum Gasteiger partial charge on any atom is -0.486 e. The normalized spacial score (nSPS) is 16.0. The third kappa shape index (κ3) is 3.94. The monoisotopic (exact) mass is 352 g/mol. The summed E-state index contributed by atoms with van der Waals surface area (Å²) in [6.07, 6.45) is 1.02. The maximum Gasteiger partial charge on any atom is 0.290 e. The Bertz CT molecular complexity index is 730. The molecule has 0 bridgehead atoms. The van der Waals surface area contributed by atoms with Crippen molar-refractivity contribution in [1.82, 2.24) is 10.3 Å². The van der Waals surface area contributed by atoms with E-state index >= 15 is 0 Å². The lowest BCUT2D eigenvalue weighted by Crippen LogP contribution is -2.40. The number of hydrogen-bond acceptors (Lipinski definition) is 5. The minimum atomic E-state index is -2.64. The topological polar surface area (TPSA) is 60.5 Å². The van der Waals surface area contributed by atoms with E-state index in [-0.39, 0.29) is 35.0 Å². The van der Waals surface area contributed by atoms with Crippen molar-refractivity contribution in [2.45, 2.75) is 16.9 Å². The standard InChI is InChI=1S/C16H14F2N2O3S/c17-16(18)24-15-11(4-3-7-19-15)14(21)20-8-10-9-22-12-5-1-2-6-13(12)23-10/h1-7,10,16H,8-9H2,(H,20,21). The number of nitrogens with zero attached hydrogens (tertiary/aromatic N) is 1. The van der Waals surface area contributed by atoms with Gasteiger partial charge in [-0.2, -0.15) is 8.78 Å². The number of carbonyl (C=O) groups is 1. The second-order valence-corrected chi connectivity index (χ2v) is 5.92. The molecule has 1 unspecified atom stereocenters. The first-order valence-corrected chi connectivity index (χ1v) is 8.08. The van der Waals surface area contributed by atoms with Gasteiger partial charge in [0.15, 0.2) is 11.5 Å². The van der Waals surface area contributed by atoms with Gasteiger partial charge in [0.1, 0.15) is 17.7 Å². The van der Waals surface area contributed by atoms with Gasteiger partial charge in [-0.25, -0.2) is 4.98 Å². The minimum absolute atomic E-state index is 0.00356. The van der Waals surface area contributed by atoms with E-state index in [2.05, 4.69) is 10.3 Å². The Morgan fingerprint density at radius 2 is 2.08 bits per heavy atom. The van der Waals surface area contributed by atoms with Crippen molar-refractivity contribution in [3.63, 3.8) is 0 Å². The molecule has 1 N–H and O–H groups in total. The van der Waals surface area contributed by atoms with Crippen molar-refractivity contribution >= 4 is 17.7 Å². The smallest absolute Gasteiger partial charge is 0.290 e. The highest BCUT2D eigenvalue weighted by Gasteiger charge is 2.22. The van der Waals surface area contributed by atoms with Crippen molar-refractivity contribution in [2.75, 3.05) is 13.2 Å². The van der Waals surface area contributed by atoms with E-state index in [1.807, 2.05) is 12.1 Å². The number of halogens is 2. The molecule has 1 aromatic heterocycles. The molecule has 0 fully saturated rings. The van der Waals surface area contributed by atoms with Gasteiger partial charge in [-0.1, -0.05) is 12.1 Å². The number of pyridine rings is 1. The highest BCUT2D eigenvalue weighted by Crippen LogP contribution is 2.30. The maximum absolute atomic E-state index is 12.5. The molecule has 1 aliphatic heterocycles. The Morgan fingerprint density at radius 1 is 1.29 bits per heavy atom. The van der Waals surface area contributed by atoms with Gasteiger partial charge in [-0.3, -0.25) is 4.79 Å². The first-order chi connectivity index (χ1) is 11.6. The van der Waals surface area contributed by atoms with Crippen LogP contribution in [0.4, 0.5) is 8.78 Å². The Morgan fingerprint density at radius 3 is 2.88 bits per heavy atom. The molecule has 0 spiro atoms. The van der Waals surface area contributed by atoms with Gasteiger partial charge in [0.2, 0.25) is 0 Å². The van der Waals surface area contributed by atoms with Gasteiger partial charge in [0.05, 0.1) is 12.1 Å². The van der Waals surface area contributed by atoms with Crippen LogP contribution in [0.2, 0.25) is 0 Å². The van der Waals surface area contributed by atoms with E-state index in [9.17, 15) is 13.6 Å². The summed E-state index contributed by atoms with van der Waals surface area (Å²) >= 11 is 0.244. The van der Waals surface area contributed by atoms with Gasteiger partial charge in [0.25, 0.3) is 11.7 Å². The number of carbonyl (C=O) groups excluding carboxylic acids is 1. The summed E-state index contributed by atoms with van der Waals surface area (Å²) in [6.45, 7) is 0.490. The SMILES string of the molecule is O=C(NCC1COc2ccccc2O1)c1cccnc1SC(F)F. The van der Waals surface area contributed by atoms with Gasteiger partial charge in [-0.15, -0.1) is 0 Å². The van der Waals surface area contributed by atoms with Crippen LogP contribution in [0.25, 0.3) is 0 Å². The largest absolute Gasteiger partial charge is 0.486 e. The summed E-state index contributed by atoms with van der Waals surface area (Å²) in [5.74, 6) is -1.85. The Labute approximate surface area is 141 Å². The van der Waals surface area contributed by atoms with Crippen LogP contribution in [-0.4, -0.2) is 35.9 Å². The molecule has 0 aliphatic carbocycles. The third-order valence-electron chi connectivity index (χ3n) is 3.27. The van der Waals surface area contributed by atoms with Crippen LogP contribution in [-0.2, 0) is 0 Å². The zero-order valence-corrected chi connectivity index (χ0v) is 13.3. The molecule has 0 saturated carbocycles. The summed E-state index contributed by atoms with van der Waals surface area (Å²) in [5, 5.41) is 2.67. The molecule has 5 nitrogen and oxygen atoms in total. The number of fused-ring (bicyclic) bond motifs is 1. The summed E-state index contributed by atoms with van der Waals surface area (Å²) in [7, 11) is 0. The van der Waals surface area contributed by atoms with Crippen LogP contribution in [0.15, 0.2) is 47.6 Å². The van der Waals surface area contributed by atoms with Gasteiger partial charge < -0.3 is 14.8 Å². The highest BCUT2D eigenvalue weighted by molar-refractivity contribution is 7.99. The van der Waals surface area contributed by atoms with Crippen LogP contribution in [0.5, 0.6) is 11.5 Å². The number of hydrogen-bond donors (Lipinski definition) is 1. The molecular weight excluding hydrogens is 338 g/mol. The quantitative estimate of drug-likeness (QED) is 0.839. The number of ether oxygens (including phenoxy) is 2. The highest BCUT2D eigenvalue weighted by atomic mass is 32.2. The molecule has 1 amide bonds. The van der Waals surface area contributed by atoms with Crippen LogP contribution >= 0.6 is 11.8 Å². The van der Waals surface area contributed by atoms with E-state index in [0.29, 0.717) is 18.1 Å². The molecule has 0 saturated heterocycles. The summed E-state index contributed by atoms with van der Waals surface area (Å²) < 4.78 is 36.4. The first kappa shape index (κ1) is 16.5. The fraction of sp³-hybridized carbons (Fsp3) is 0.250. The van der Waals surface area contributed by atoms with Crippen LogP contribution in [0, 0.1) is 0 Å². The lowest BCUT2D eigenvalue weighted by molar-refractivity contribution is 0.0787. The number of alkyl halides is 2. The molecule has 2 aromatic rings. The predicted molar refractivity (Wildman–Crippen MR) is 84.8 cm³/mol. The van der Waals surface area contributed by atoms with Crippen LogP contribution < -0.4 is 14.8 Å². The van der Waals surface area contributed by atoms with Crippen LogP contribution in [0.1, 0.15) is 10.4 Å². The molecular formula is C16H14F2N2O3S. The Kier molecular flexibility index (Phi) is 5.14. The third-order valence-corrected chi connectivity index (χ3v) is 4.00. The number of benzene rings is 1. The number of para-hydroxylation sites is 2. The number of amides is 1. The molecule has 2 heterocycles. The summed E-state index contributed by atoms with van der Waals surface area (Å²) in [4.78, 5) is 16.1. The fourth-order valence-electron chi connectivity index (χ4n) is 2.21. The molecule has 1 aliphatic rings. The van der Waals surface area contributed by atoms with Crippen molar-refractivity contribution in [1.29, 1.82) is 0 Å². The maximum atomic E-state index is 12.5. The van der Waals surface area contributed by atoms with E-state index in [1.54, 1.807) is 12.1 Å². The fourth-order valence-corrected chi connectivity index (χ4v) is 2.79. The average Bonchev–Trinajstić information content (AvgIpc) is 2.59. The van der Waals surface area contributed by atoms with Crippen LogP contribution in [0.3, 0.4) is 0 Å². The van der Waals surface area contributed by atoms with E-state index in [4.69, 9.17) is 9.47 Å². The van der Waals surface area contributed by atoms with E-state index in [1.165, 1.54) is 18.3 Å². The van der Waals surface area contributed by atoms with Gasteiger partial charge in [-0.05, 0) is 36.0 Å². The molecule has 1 atom stereocenters. The van der Waals surface area contributed by atoms with E-state index < -0.39 is 11.7 Å². The molecule has 3 rings (SSSR count). The Balaban J connectivity index is 1.61. The number of thioether (sulfide) groups is 1. The Hall–Kier alpha value is -2.35. The first-order valence-electron chi connectivity index (χ1n) is 7.20. The second-order valence-electron chi connectivity index (χ2n) is 4.94. The molecule has 8 heteroatoms. The number of nitrogens with one attached hydrogen (secondary N) is 1. The summed E-state index contributed by atoms with van der Waals surface area (Å²) in [5.41, 5.74) is 0.111. The van der Waals surface area contributed by atoms with E-state index in [0.717, 1.165) is 0 Å². The molecule has 0 radical (unpaired) electrons. The second kappa shape index (κ2) is 7.48. The molecule has 1 aromatic carbocycles. The molecule has 126 valence electrons. The predicted octanol–water partition coefficient (Wildman–Crippen LogP) is 2.97. The zero-order valence-electron chi connectivity index (χ0n) is 12.4. The average molecular weight is 352 g/mol. The van der Waals surface area contributed by atoms with Crippen molar-refractivity contribution in [3.05, 3.63) is 48.2 Å². The van der Waals surface area contributed by atoms with Crippen molar-refractivity contribution in [3.8, 4) is 11.5 Å². The summed E-state index contributed by atoms with van der Waals surface area (Å²) in [6, 6.07) is 10.2. The molecule has 24 heavy (non-hydrogen) atoms. The van der Waals surface area contributed by atoms with Crippen molar-refractivity contribution in [2.24, 2.45) is 0 Å². The van der Waals surface area contributed by atoms with Gasteiger partial charge >= 0.3 is 0 Å². The number of rotatable bonds is 5.